The Balaban J connectivity index is 1.27. The van der Waals surface area contributed by atoms with E-state index in [0.29, 0.717) is 32.7 Å². The van der Waals surface area contributed by atoms with Crippen LogP contribution in [-0.4, -0.2) is 42.5 Å². The van der Waals surface area contributed by atoms with Crippen LogP contribution in [0, 0.1) is 5.92 Å². The molecule has 2 aromatic carbocycles. The van der Waals surface area contributed by atoms with Crippen molar-refractivity contribution in [2.45, 2.75) is 32.0 Å². The Morgan fingerprint density at radius 3 is 2.29 bits per heavy atom. The lowest BCUT2D eigenvalue weighted by Gasteiger charge is -2.33. The van der Waals surface area contributed by atoms with Gasteiger partial charge >= 0.3 is 0 Å². The zero-order chi connectivity index (χ0) is 19.3. The number of rotatable bonds is 5. The van der Waals surface area contributed by atoms with E-state index in [9.17, 15) is 9.59 Å². The number of hydrogen-bond donors (Lipinski definition) is 0. The van der Waals surface area contributed by atoms with Crippen LogP contribution in [0.25, 0.3) is 0 Å². The van der Waals surface area contributed by atoms with Crippen molar-refractivity contribution < 1.29 is 14.3 Å². The van der Waals surface area contributed by atoms with Crippen molar-refractivity contribution >= 4 is 17.5 Å². The zero-order valence-corrected chi connectivity index (χ0v) is 16.0. The summed E-state index contributed by atoms with van der Waals surface area (Å²) in [6.45, 7) is 2.50. The number of amides is 2. The van der Waals surface area contributed by atoms with Crippen molar-refractivity contribution in [3.8, 4) is 0 Å². The molecule has 2 aliphatic heterocycles. The lowest BCUT2D eigenvalue weighted by Crippen LogP contribution is -2.44. The molecule has 0 N–H and O–H groups in total. The van der Waals surface area contributed by atoms with Crippen LogP contribution in [0.1, 0.15) is 24.8 Å². The minimum absolute atomic E-state index is 0.0330. The molecule has 0 bridgehead atoms. The van der Waals surface area contributed by atoms with Crippen LogP contribution in [0.2, 0.25) is 0 Å². The van der Waals surface area contributed by atoms with Gasteiger partial charge in [0.2, 0.25) is 11.8 Å². The Kier molecular flexibility index (Phi) is 5.72. The van der Waals surface area contributed by atoms with Crippen LogP contribution in [0.15, 0.2) is 60.7 Å². The molecule has 0 radical (unpaired) electrons. The van der Waals surface area contributed by atoms with E-state index < -0.39 is 0 Å². The van der Waals surface area contributed by atoms with Crippen LogP contribution >= 0.6 is 0 Å². The number of piperidine rings is 1. The van der Waals surface area contributed by atoms with E-state index in [1.54, 1.807) is 4.90 Å². The van der Waals surface area contributed by atoms with Crippen LogP contribution in [-0.2, 0) is 20.9 Å². The summed E-state index contributed by atoms with van der Waals surface area (Å²) < 4.78 is 6.01. The third-order valence-electron chi connectivity index (χ3n) is 5.62. The highest BCUT2D eigenvalue weighted by Gasteiger charge is 2.38. The number of hydrogen-bond acceptors (Lipinski definition) is 3. The van der Waals surface area contributed by atoms with Crippen LogP contribution in [0.3, 0.4) is 0 Å². The highest BCUT2D eigenvalue weighted by atomic mass is 16.5. The molecule has 5 nitrogen and oxygen atoms in total. The van der Waals surface area contributed by atoms with Gasteiger partial charge in [-0.15, -0.1) is 0 Å². The Labute approximate surface area is 165 Å². The average molecular weight is 378 g/mol. The van der Waals surface area contributed by atoms with Gasteiger partial charge in [0, 0.05) is 31.7 Å². The minimum Gasteiger partial charge on any atom is -0.373 e. The summed E-state index contributed by atoms with van der Waals surface area (Å²) >= 11 is 0. The number of anilines is 1. The molecule has 0 unspecified atom stereocenters. The number of carbonyl (C=O) groups is 2. The molecule has 2 aromatic rings. The largest absolute Gasteiger partial charge is 0.373 e. The van der Waals surface area contributed by atoms with Crippen LogP contribution in [0.5, 0.6) is 0 Å². The summed E-state index contributed by atoms with van der Waals surface area (Å²) in [4.78, 5) is 28.9. The molecule has 2 saturated heterocycles. The predicted octanol–water partition coefficient (Wildman–Crippen LogP) is 3.25. The average Bonchev–Trinajstić information content (AvgIpc) is 3.15. The first-order chi connectivity index (χ1) is 13.7. The molecule has 0 aliphatic carbocycles. The highest BCUT2D eigenvalue weighted by molar-refractivity contribution is 6.00. The van der Waals surface area contributed by atoms with E-state index in [1.807, 2.05) is 53.4 Å². The third kappa shape index (κ3) is 4.25. The number of likely N-dealkylation sites (tertiary alicyclic amines) is 1. The number of carbonyl (C=O) groups excluding carboxylic acids is 2. The lowest BCUT2D eigenvalue weighted by molar-refractivity contribution is -0.138. The predicted molar refractivity (Wildman–Crippen MR) is 108 cm³/mol. The first kappa shape index (κ1) is 18.7. The Hall–Kier alpha value is -2.66. The summed E-state index contributed by atoms with van der Waals surface area (Å²) in [5.74, 6) is -0.103. The Morgan fingerprint density at radius 2 is 1.61 bits per heavy atom. The molecule has 2 fully saturated rings. The first-order valence-corrected chi connectivity index (χ1v) is 10.0. The monoisotopic (exact) mass is 378 g/mol. The van der Waals surface area contributed by atoms with E-state index in [4.69, 9.17) is 4.74 Å². The maximum absolute atomic E-state index is 12.9. The molecule has 28 heavy (non-hydrogen) atoms. The highest BCUT2D eigenvalue weighted by Crippen LogP contribution is 2.27. The summed E-state index contributed by atoms with van der Waals surface area (Å²) in [6, 6.07) is 19.7. The Morgan fingerprint density at radius 1 is 0.964 bits per heavy atom. The second kappa shape index (κ2) is 8.57. The van der Waals surface area contributed by atoms with Gasteiger partial charge in [0.1, 0.15) is 0 Å². The fourth-order valence-corrected chi connectivity index (χ4v) is 4.02. The van der Waals surface area contributed by atoms with Crippen molar-refractivity contribution in [2.75, 3.05) is 24.5 Å². The van der Waals surface area contributed by atoms with Gasteiger partial charge in [0.15, 0.2) is 0 Å². The van der Waals surface area contributed by atoms with Gasteiger partial charge in [-0.05, 0) is 30.5 Å². The second-order valence-corrected chi connectivity index (χ2v) is 7.56. The van der Waals surface area contributed by atoms with Gasteiger partial charge in [0.05, 0.1) is 18.6 Å². The van der Waals surface area contributed by atoms with E-state index in [0.717, 1.165) is 18.5 Å². The van der Waals surface area contributed by atoms with Crippen molar-refractivity contribution in [3.05, 3.63) is 66.2 Å². The van der Waals surface area contributed by atoms with E-state index in [2.05, 4.69) is 12.1 Å². The zero-order valence-electron chi connectivity index (χ0n) is 16.0. The molecular formula is C23H26N2O3. The summed E-state index contributed by atoms with van der Waals surface area (Å²) in [5.41, 5.74) is 2.04. The lowest BCUT2D eigenvalue weighted by atomic mass is 10.0. The topological polar surface area (TPSA) is 49.9 Å². The minimum atomic E-state index is -0.241. The third-order valence-corrected chi connectivity index (χ3v) is 5.62. The molecule has 1 atom stereocenters. The van der Waals surface area contributed by atoms with E-state index in [1.165, 1.54) is 5.56 Å². The van der Waals surface area contributed by atoms with Crippen molar-refractivity contribution in [3.63, 3.8) is 0 Å². The van der Waals surface area contributed by atoms with Crippen molar-refractivity contribution in [2.24, 2.45) is 5.92 Å². The number of ether oxygens (including phenoxy) is 1. The number of nitrogens with zero attached hydrogens (tertiary/aromatic N) is 2. The van der Waals surface area contributed by atoms with Gasteiger partial charge in [-0.25, -0.2) is 0 Å². The summed E-state index contributed by atoms with van der Waals surface area (Å²) in [7, 11) is 0. The molecule has 5 heteroatoms. The van der Waals surface area contributed by atoms with Gasteiger partial charge < -0.3 is 14.5 Å². The van der Waals surface area contributed by atoms with Crippen molar-refractivity contribution in [1.82, 2.24) is 4.90 Å². The first-order valence-electron chi connectivity index (χ1n) is 10.0. The van der Waals surface area contributed by atoms with Gasteiger partial charge in [0.25, 0.3) is 0 Å². The molecule has 0 spiro atoms. The fraction of sp³-hybridized carbons (Fsp3) is 0.391. The Bertz CT molecular complexity index is 801. The molecule has 146 valence electrons. The normalized spacial score (nSPS) is 20.6. The maximum Gasteiger partial charge on any atom is 0.228 e. The molecule has 0 aromatic heterocycles. The molecular weight excluding hydrogens is 352 g/mol. The maximum atomic E-state index is 12.9. The second-order valence-electron chi connectivity index (χ2n) is 7.56. The molecule has 2 aliphatic rings. The van der Waals surface area contributed by atoms with Gasteiger partial charge in [-0.3, -0.25) is 9.59 Å². The van der Waals surface area contributed by atoms with Crippen molar-refractivity contribution in [1.29, 1.82) is 0 Å². The summed E-state index contributed by atoms with van der Waals surface area (Å²) in [5, 5.41) is 0. The SMILES string of the molecule is O=C([C@H]1CC(=O)N(c2ccccc2)C1)N1CCC(OCc2ccccc2)CC1. The molecule has 2 amide bonds. The summed E-state index contributed by atoms with van der Waals surface area (Å²) in [6.07, 6.45) is 2.19. The molecule has 4 rings (SSSR count). The fourth-order valence-electron chi connectivity index (χ4n) is 4.02. The van der Waals surface area contributed by atoms with Crippen LogP contribution < -0.4 is 4.90 Å². The number of para-hydroxylation sites is 1. The quantitative estimate of drug-likeness (QED) is 0.803. The van der Waals surface area contributed by atoms with E-state index >= 15 is 0 Å². The standard InChI is InChI=1S/C23H26N2O3/c26-22-15-19(16-25(22)20-9-5-2-6-10-20)23(27)24-13-11-21(12-14-24)28-17-18-7-3-1-4-8-18/h1-10,19,21H,11-17H2/t19-/m0/s1. The number of benzene rings is 2. The van der Waals surface area contributed by atoms with Gasteiger partial charge in [-0.2, -0.15) is 0 Å². The molecule has 0 saturated carbocycles. The smallest absolute Gasteiger partial charge is 0.228 e. The van der Waals surface area contributed by atoms with Crippen LogP contribution in [0.4, 0.5) is 5.69 Å². The van der Waals surface area contributed by atoms with E-state index in [-0.39, 0.29) is 23.8 Å². The van der Waals surface area contributed by atoms with Gasteiger partial charge in [-0.1, -0.05) is 48.5 Å². The molecule has 2 heterocycles.